The number of anilines is 1. The van der Waals surface area contributed by atoms with Crippen molar-refractivity contribution in [3.8, 4) is 17.2 Å². The number of benzene rings is 1. The molecular formula is C15H16N4O2. The summed E-state index contributed by atoms with van der Waals surface area (Å²) in [6.07, 6.45) is 0. The van der Waals surface area contributed by atoms with Gasteiger partial charge in [0.05, 0.1) is 19.9 Å². The average molecular weight is 284 g/mol. The molecule has 0 radical (unpaired) electrons. The van der Waals surface area contributed by atoms with Crippen molar-refractivity contribution in [2.45, 2.75) is 6.92 Å². The van der Waals surface area contributed by atoms with E-state index in [2.05, 4.69) is 9.97 Å². The first kappa shape index (κ1) is 13.2. The summed E-state index contributed by atoms with van der Waals surface area (Å²) in [4.78, 5) is 8.85. The number of hydrogen-bond acceptors (Lipinski definition) is 5. The van der Waals surface area contributed by atoms with Crippen LogP contribution in [0.25, 0.3) is 16.9 Å². The van der Waals surface area contributed by atoms with Gasteiger partial charge in [-0.25, -0.2) is 9.97 Å². The van der Waals surface area contributed by atoms with Crippen molar-refractivity contribution in [2.24, 2.45) is 0 Å². The van der Waals surface area contributed by atoms with Crippen LogP contribution in [0.3, 0.4) is 0 Å². The molecule has 0 spiro atoms. The first-order valence-corrected chi connectivity index (χ1v) is 6.48. The summed E-state index contributed by atoms with van der Waals surface area (Å²) < 4.78 is 12.4. The van der Waals surface area contributed by atoms with Crippen LogP contribution in [0, 0.1) is 6.92 Å². The number of ether oxygens (including phenoxy) is 2. The van der Waals surface area contributed by atoms with Crippen molar-refractivity contribution in [3.05, 3.63) is 36.0 Å². The Labute approximate surface area is 122 Å². The zero-order valence-electron chi connectivity index (χ0n) is 12.1. The zero-order chi connectivity index (χ0) is 15.0. The van der Waals surface area contributed by atoms with Gasteiger partial charge in [-0.05, 0) is 31.2 Å². The maximum atomic E-state index is 6.04. The fourth-order valence-corrected chi connectivity index (χ4v) is 2.29. The van der Waals surface area contributed by atoms with E-state index in [9.17, 15) is 0 Å². The van der Waals surface area contributed by atoms with Crippen LogP contribution in [0.5, 0.6) is 11.5 Å². The summed E-state index contributed by atoms with van der Waals surface area (Å²) in [5.41, 5.74) is 9.25. The number of methoxy groups -OCH3 is 2. The third-order valence-electron chi connectivity index (χ3n) is 3.29. The van der Waals surface area contributed by atoms with Crippen LogP contribution in [0.4, 0.5) is 5.95 Å². The second kappa shape index (κ2) is 4.97. The van der Waals surface area contributed by atoms with Gasteiger partial charge in [-0.3, -0.25) is 4.57 Å². The molecule has 2 N–H and O–H groups in total. The van der Waals surface area contributed by atoms with Gasteiger partial charge in [-0.2, -0.15) is 0 Å². The van der Waals surface area contributed by atoms with Crippen LogP contribution >= 0.6 is 0 Å². The lowest BCUT2D eigenvalue weighted by atomic mass is 10.2. The Balaban J connectivity index is 2.24. The van der Waals surface area contributed by atoms with Crippen LogP contribution in [0.1, 0.15) is 5.69 Å². The summed E-state index contributed by atoms with van der Waals surface area (Å²) >= 11 is 0. The Morgan fingerprint density at radius 1 is 1.00 bits per heavy atom. The highest BCUT2D eigenvalue weighted by molar-refractivity contribution is 5.77. The highest BCUT2D eigenvalue weighted by Crippen LogP contribution is 2.31. The van der Waals surface area contributed by atoms with E-state index in [-0.39, 0.29) is 0 Å². The van der Waals surface area contributed by atoms with E-state index >= 15 is 0 Å². The second-order valence-electron chi connectivity index (χ2n) is 4.64. The van der Waals surface area contributed by atoms with Gasteiger partial charge in [0.15, 0.2) is 17.1 Å². The summed E-state index contributed by atoms with van der Waals surface area (Å²) in [7, 11) is 3.20. The number of rotatable bonds is 3. The molecule has 0 amide bonds. The number of imidazole rings is 1. The number of nitrogens with zero attached hydrogens (tertiary/aromatic N) is 3. The fraction of sp³-hybridized carbons (Fsp3) is 0.200. The normalized spacial score (nSPS) is 10.8. The third kappa shape index (κ3) is 2.14. The molecule has 2 heterocycles. The SMILES string of the molecule is COc1ccc(-n2c(N)nc3ccc(C)nc32)cc1OC. The minimum atomic E-state index is 0.385. The Morgan fingerprint density at radius 3 is 2.48 bits per heavy atom. The summed E-state index contributed by atoms with van der Waals surface area (Å²) in [6, 6.07) is 9.39. The van der Waals surface area contributed by atoms with E-state index < -0.39 is 0 Å². The first-order chi connectivity index (χ1) is 10.1. The maximum absolute atomic E-state index is 6.04. The van der Waals surface area contributed by atoms with E-state index in [1.54, 1.807) is 18.8 Å². The largest absolute Gasteiger partial charge is 0.493 e. The molecule has 108 valence electrons. The number of aromatic nitrogens is 3. The van der Waals surface area contributed by atoms with Crippen LogP contribution in [0.15, 0.2) is 30.3 Å². The Morgan fingerprint density at radius 2 is 1.76 bits per heavy atom. The van der Waals surface area contributed by atoms with Crippen LogP contribution in [-0.2, 0) is 0 Å². The molecule has 6 heteroatoms. The predicted octanol–water partition coefficient (Wildman–Crippen LogP) is 2.33. The molecule has 0 bridgehead atoms. The van der Waals surface area contributed by atoms with Gasteiger partial charge in [0.1, 0.15) is 5.52 Å². The molecule has 0 atom stereocenters. The maximum Gasteiger partial charge on any atom is 0.207 e. The Bertz CT molecular complexity index is 811. The standard InChI is InChI=1S/C15H16N4O2/c1-9-4-6-11-14(17-9)19(15(16)18-11)10-5-7-12(20-2)13(8-10)21-3/h4-8H,1-3H3,(H2,16,18). The quantitative estimate of drug-likeness (QED) is 0.799. The number of pyridine rings is 1. The highest BCUT2D eigenvalue weighted by atomic mass is 16.5. The Hall–Kier alpha value is -2.76. The van der Waals surface area contributed by atoms with Gasteiger partial charge in [0.2, 0.25) is 5.95 Å². The zero-order valence-corrected chi connectivity index (χ0v) is 12.1. The molecule has 6 nitrogen and oxygen atoms in total. The minimum absolute atomic E-state index is 0.385. The van der Waals surface area contributed by atoms with Crippen molar-refractivity contribution in [3.63, 3.8) is 0 Å². The summed E-state index contributed by atoms with van der Waals surface area (Å²) in [6.45, 7) is 1.93. The van der Waals surface area contributed by atoms with E-state index in [0.29, 0.717) is 17.4 Å². The highest BCUT2D eigenvalue weighted by Gasteiger charge is 2.13. The lowest BCUT2D eigenvalue weighted by molar-refractivity contribution is 0.355. The molecule has 2 aromatic heterocycles. The van der Waals surface area contributed by atoms with Crippen molar-refractivity contribution >= 4 is 17.1 Å². The number of hydrogen-bond donors (Lipinski definition) is 1. The molecule has 0 aliphatic rings. The molecule has 0 fully saturated rings. The number of aryl methyl sites for hydroxylation is 1. The van der Waals surface area contributed by atoms with Gasteiger partial charge in [0.25, 0.3) is 0 Å². The molecular weight excluding hydrogens is 268 g/mol. The molecule has 21 heavy (non-hydrogen) atoms. The lowest BCUT2D eigenvalue weighted by Gasteiger charge is -2.11. The molecule has 1 aromatic carbocycles. The lowest BCUT2D eigenvalue weighted by Crippen LogP contribution is -2.02. The fourth-order valence-electron chi connectivity index (χ4n) is 2.29. The molecule has 0 aliphatic heterocycles. The molecule has 0 aliphatic carbocycles. The number of nitrogen functional groups attached to an aromatic ring is 1. The second-order valence-corrected chi connectivity index (χ2v) is 4.64. The van der Waals surface area contributed by atoms with Crippen molar-refractivity contribution in [1.29, 1.82) is 0 Å². The molecule has 0 saturated heterocycles. The van der Waals surface area contributed by atoms with Crippen LogP contribution in [-0.4, -0.2) is 28.8 Å². The third-order valence-corrected chi connectivity index (χ3v) is 3.29. The number of fused-ring (bicyclic) bond motifs is 1. The van der Waals surface area contributed by atoms with E-state index in [1.165, 1.54) is 0 Å². The average Bonchev–Trinajstić information content (AvgIpc) is 2.81. The smallest absolute Gasteiger partial charge is 0.207 e. The van der Waals surface area contributed by atoms with Crippen LogP contribution < -0.4 is 15.2 Å². The van der Waals surface area contributed by atoms with E-state index in [0.717, 1.165) is 22.5 Å². The van der Waals surface area contributed by atoms with Crippen molar-refractivity contribution in [1.82, 2.24) is 14.5 Å². The Kier molecular flexibility index (Phi) is 3.13. The number of nitrogens with two attached hydrogens (primary N) is 1. The minimum Gasteiger partial charge on any atom is -0.493 e. The molecule has 3 aromatic rings. The van der Waals surface area contributed by atoms with Gasteiger partial charge < -0.3 is 15.2 Å². The topological polar surface area (TPSA) is 75.2 Å². The van der Waals surface area contributed by atoms with Gasteiger partial charge in [-0.1, -0.05) is 0 Å². The van der Waals surface area contributed by atoms with Crippen molar-refractivity contribution < 1.29 is 9.47 Å². The predicted molar refractivity (Wildman–Crippen MR) is 81.1 cm³/mol. The van der Waals surface area contributed by atoms with Crippen LogP contribution in [0.2, 0.25) is 0 Å². The summed E-state index contributed by atoms with van der Waals surface area (Å²) in [5, 5.41) is 0. The van der Waals surface area contributed by atoms with Gasteiger partial charge in [0, 0.05) is 11.8 Å². The molecule has 3 rings (SSSR count). The van der Waals surface area contributed by atoms with Crippen molar-refractivity contribution in [2.75, 3.05) is 20.0 Å². The van der Waals surface area contributed by atoms with Gasteiger partial charge >= 0.3 is 0 Å². The summed E-state index contributed by atoms with van der Waals surface area (Å²) in [5.74, 6) is 1.67. The monoisotopic (exact) mass is 284 g/mol. The first-order valence-electron chi connectivity index (χ1n) is 6.48. The molecule has 0 saturated carbocycles. The molecule has 0 unspecified atom stereocenters. The van der Waals surface area contributed by atoms with E-state index in [1.807, 2.05) is 37.3 Å². The van der Waals surface area contributed by atoms with E-state index in [4.69, 9.17) is 15.2 Å². The van der Waals surface area contributed by atoms with Gasteiger partial charge in [-0.15, -0.1) is 0 Å².